The summed E-state index contributed by atoms with van der Waals surface area (Å²) >= 11 is 0. The Morgan fingerprint density at radius 2 is 1.64 bits per heavy atom. The van der Waals surface area contributed by atoms with Crippen molar-refractivity contribution in [3.63, 3.8) is 0 Å². The zero-order valence-corrected chi connectivity index (χ0v) is 11.4. The minimum absolute atomic E-state index is 0.347. The first kappa shape index (κ1) is 15.8. The molecule has 116 valence electrons. The van der Waals surface area contributed by atoms with E-state index in [-0.39, 0.29) is 11.7 Å². The summed E-state index contributed by atoms with van der Waals surface area (Å²) in [6, 6.07) is 13.3. The van der Waals surface area contributed by atoms with Crippen LogP contribution in [0, 0.1) is 0 Å². The molecule has 0 aliphatic rings. The third-order valence-corrected chi connectivity index (χ3v) is 2.87. The quantitative estimate of drug-likeness (QED) is 0.911. The predicted molar refractivity (Wildman–Crippen MR) is 73.8 cm³/mol. The Bertz CT molecular complexity index is 627. The van der Waals surface area contributed by atoms with Gasteiger partial charge in [-0.25, -0.2) is 0 Å². The number of rotatable bonds is 4. The SMILES string of the molecule is [NH3+]C(C(=O)Nc1ccc(OC(F)(F)F)cc1)c1ccccc1. The third-order valence-electron chi connectivity index (χ3n) is 2.87. The van der Waals surface area contributed by atoms with Gasteiger partial charge in [-0.15, -0.1) is 13.2 Å². The first-order valence-electron chi connectivity index (χ1n) is 6.40. The Balaban J connectivity index is 2.00. The van der Waals surface area contributed by atoms with Gasteiger partial charge in [0.2, 0.25) is 0 Å². The molecule has 1 atom stereocenters. The fraction of sp³-hybridized carbons (Fsp3) is 0.133. The van der Waals surface area contributed by atoms with E-state index < -0.39 is 12.4 Å². The predicted octanol–water partition coefficient (Wildman–Crippen LogP) is 2.51. The molecule has 0 aliphatic heterocycles. The number of nitrogens with one attached hydrogen (secondary N) is 1. The number of hydrogen-bond acceptors (Lipinski definition) is 2. The molecule has 4 N–H and O–H groups in total. The number of quaternary nitrogens is 1. The van der Waals surface area contributed by atoms with Crippen molar-refractivity contribution in [3.05, 3.63) is 60.2 Å². The van der Waals surface area contributed by atoms with Gasteiger partial charge in [-0.3, -0.25) is 4.79 Å². The van der Waals surface area contributed by atoms with Crippen molar-refractivity contribution in [1.29, 1.82) is 0 Å². The lowest BCUT2D eigenvalue weighted by Gasteiger charge is -2.11. The Morgan fingerprint density at radius 3 is 2.18 bits per heavy atom. The van der Waals surface area contributed by atoms with Crippen molar-refractivity contribution in [2.75, 3.05) is 5.32 Å². The number of halogens is 3. The van der Waals surface area contributed by atoms with Gasteiger partial charge >= 0.3 is 6.36 Å². The maximum atomic E-state index is 12.0. The average molecular weight is 311 g/mol. The number of hydrogen-bond donors (Lipinski definition) is 2. The molecule has 2 rings (SSSR count). The first-order valence-corrected chi connectivity index (χ1v) is 6.40. The molecule has 0 spiro atoms. The van der Waals surface area contributed by atoms with Crippen LogP contribution in [0.15, 0.2) is 54.6 Å². The van der Waals surface area contributed by atoms with Gasteiger partial charge in [-0.05, 0) is 24.3 Å². The molecule has 0 heterocycles. The summed E-state index contributed by atoms with van der Waals surface area (Å²) in [7, 11) is 0. The maximum Gasteiger partial charge on any atom is 0.573 e. The summed E-state index contributed by atoms with van der Waals surface area (Å²) < 4.78 is 39.9. The van der Waals surface area contributed by atoms with Crippen molar-refractivity contribution in [2.24, 2.45) is 0 Å². The van der Waals surface area contributed by atoms with Crippen molar-refractivity contribution in [1.82, 2.24) is 0 Å². The zero-order chi connectivity index (χ0) is 16.2. The fourth-order valence-corrected chi connectivity index (χ4v) is 1.81. The fourth-order valence-electron chi connectivity index (χ4n) is 1.81. The van der Waals surface area contributed by atoms with Gasteiger partial charge in [0.05, 0.1) is 0 Å². The first-order chi connectivity index (χ1) is 10.3. The molecule has 0 aromatic heterocycles. The highest BCUT2D eigenvalue weighted by molar-refractivity contribution is 5.94. The van der Waals surface area contributed by atoms with Gasteiger partial charge in [-0.1, -0.05) is 30.3 Å². The molecular formula is C15H14F3N2O2+. The summed E-state index contributed by atoms with van der Waals surface area (Å²) in [6.07, 6.45) is -4.74. The van der Waals surface area contributed by atoms with Gasteiger partial charge in [0.1, 0.15) is 5.75 Å². The molecule has 1 amide bonds. The molecule has 0 aliphatic carbocycles. The Kier molecular flexibility index (Phi) is 4.67. The molecule has 0 radical (unpaired) electrons. The second kappa shape index (κ2) is 6.48. The van der Waals surface area contributed by atoms with Crippen molar-refractivity contribution in [3.8, 4) is 5.75 Å². The van der Waals surface area contributed by atoms with Crippen LogP contribution in [0.3, 0.4) is 0 Å². The lowest BCUT2D eigenvalue weighted by Crippen LogP contribution is -2.58. The molecule has 0 fully saturated rings. The molecule has 2 aromatic rings. The molecule has 0 saturated carbocycles. The normalized spacial score (nSPS) is 12.5. The van der Waals surface area contributed by atoms with Crippen LogP contribution in [0.1, 0.15) is 11.6 Å². The third kappa shape index (κ3) is 4.49. The van der Waals surface area contributed by atoms with Crippen molar-refractivity contribution < 1.29 is 28.4 Å². The van der Waals surface area contributed by atoms with Gasteiger partial charge in [0, 0.05) is 11.3 Å². The van der Waals surface area contributed by atoms with Crippen LogP contribution in [0.5, 0.6) is 5.75 Å². The number of amides is 1. The topological polar surface area (TPSA) is 66.0 Å². The highest BCUT2D eigenvalue weighted by atomic mass is 19.4. The second-order valence-electron chi connectivity index (χ2n) is 4.52. The van der Waals surface area contributed by atoms with Crippen LogP contribution in [-0.2, 0) is 4.79 Å². The highest BCUT2D eigenvalue weighted by Crippen LogP contribution is 2.24. The van der Waals surface area contributed by atoms with Crippen LogP contribution in [0.4, 0.5) is 18.9 Å². The van der Waals surface area contributed by atoms with Crippen LogP contribution < -0.4 is 15.8 Å². The van der Waals surface area contributed by atoms with E-state index in [1.165, 1.54) is 12.1 Å². The number of benzene rings is 2. The highest BCUT2D eigenvalue weighted by Gasteiger charge is 2.31. The zero-order valence-electron chi connectivity index (χ0n) is 11.4. The van der Waals surface area contributed by atoms with E-state index in [0.717, 1.165) is 17.7 Å². The Morgan fingerprint density at radius 1 is 1.05 bits per heavy atom. The number of carbonyl (C=O) groups excluding carboxylic acids is 1. The lowest BCUT2D eigenvalue weighted by molar-refractivity contribution is -0.408. The molecule has 2 aromatic carbocycles. The minimum Gasteiger partial charge on any atom is -0.406 e. The summed E-state index contributed by atoms with van der Waals surface area (Å²) in [6.45, 7) is 0. The van der Waals surface area contributed by atoms with E-state index in [0.29, 0.717) is 5.69 Å². The van der Waals surface area contributed by atoms with E-state index in [1.54, 1.807) is 24.3 Å². The Labute approximate surface area is 124 Å². The lowest BCUT2D eigenvalue weighted by atomic mass is 10.1. The van der Waals surface area contributed by atoms with E-state index in [2.05, 4.69) is 15.8 Å². The average Bonchev–Trinajstić information content (AvgIpc) is 2.48. The van der Waals surface area contributed by atoms with Gasteiger partial charge in [0.25, 0.3) is 5.91 Å². The number of alkyl halides is 3. The summed E-state index contributed by atoms with van der Waals surface area (Å²) in [5.74, 6) is -0.699. The molecule has 22 heavy (non-hydrogen) atoms. The van der Waals surface area contributed by atoms with Crippen molar-refractivity contribution >= 4 is 11.6 Å². The monoisotopic (exact) mass is 311 g/mol. The summed E-state index contributed by atoms with van der Waals surface area (Å²) in [5, 5.41) is 2.59. The van der Waals surface area contributed by atoms with Crippen LogP contribution in [-0.4, -0.2) is 12.3 Å². The van der Waals surface area contributed by atoms with E-state index in [4.69, 9.17) is 0 Å². The minimum atomic E-state index is -4.74. The largest absolute Gasteiger partial charge is 0.573 e. The number of ether oxygens (including phenoxy) is 1. The van der Waals surface area contributed by atoms with Gasteiger partial charge in [-0.2, -0.15) is 0 Å². The smallest absolute Gasteiger partial charge is 0.406 e. The maximum absolute atomic E-state index is 12.0. The van der Waals surface area contributed by atoms with E-state index in [1.807, 2.05) is 6.07 Å². The van der Waals surface area contributed by atoms with Crippen LogP contribution >= 0.6 is 0 Å². The van der Waals surface area contributed by atoms with Crippen LogP contribution in [0.2, 0.25) is 0 Å². The standard InChI is InChI=1S/C15H13F3N2O2/c16-15(17,18)22-12-8-6-11(7-9-12)20-14(21)13(19)10-4-2-1-3-5-10/h1-9,13H,19H2,(H,20,21)/p+1. The summed E-state index contributed by atoms with van der Waals surface area (Å²) in [4.78, 5) is 12.0. The molecule has 0 bridgehead atoms. The number of carbonyl (C=O) groups is 1. The van der Waals surface area contributed by atoms with Gasteiger partial charge in [0.15, 0.2) is 6.04 Å². The molecule has 4 nitrogen and oxygen atoms in total. The molecule has 1 unspecified atom stereocenters. The second-order valence-corrected chi connectivity index (χ2v) is 4.52. The Hall–Kier alpha value is -2.54. The van der Waals surface area contributed by atoms with Gasteiger partial charge < -0.3 is 15.8 Å². The number of anilines is 1. The van der Waals surface area contributed by atoms with E-state index in [9.17, 15) is 18.0 Å². The van der Waals surface area contributed by atoms with Crippen molar-refractivity contribution in [2.45, 2.75) is 12.4 Å². The molecule has 0 saturated heterocycles. The van der Waals surface area contributed by atoms with Crippen LogP contribution in [0.25, 0.3) is 0 Å². The molecular weight excluding hydrogens is 297 g/mol. The summed E-state index contributed by atoms with van der Waals surface area (Å²) in [5.41, 5.74) is 4.90. The molecule has 7 heteroatoms. The van der Waals surface area contributed by atoms with E-state index >= 15 is 0 Å².